The standard InChI is InChI=1S/C31H34N2O/c1-3-13-27(14-4-1)31(28-15-5-2-6-16-28)33-23-21-32(22-24-33)20-9-10-25-34-30-19-11-17-26-12-7-8-18-29(26)30/h1-8,11-19,31H,9-10,20-25H2/p+1. The molecule has 5 rings (SSSR count). The van der Waals surface area contributed by atoms with E-state index in [2.05, 4.69) is 108 Å². The predicted molar refractivity (Wildman–Crippen MR) is 141 cm³/mol. The van der Waals surface area contributed by atoms with Crippen molar-refractivity contribution in [1.29, 1.82) is 0 Å². The number of hydrogen-bond donors (Lipinski definition) is 1. The van der Waals surface area contributed by atoms with Crippen molar-refractivity contribution in [2.75, 3.05) is 39.3 Å². The van der Waals surface area contributed by atoms with Crippen LogP contribution >= 0.6 is 0 Å². The van der Waals surface area contributed by atoms with Crippen LogP contribution < -0.4 is 9.64 Å². The molecule has 0 radical (unpaired) electrons. The van der Waals surface area contributed by atoms with Crippen LogP contribution in [0.4, 0.5) is 0 Å². The lowest BCUT2D eigenvalue weighted by atomic mass is 9.96. The summed E-state index contributed by atoms with van der Waals surface area (Å²) >= 11 is 0. The zero-order valence-electron chi connectivity index (χ0n) is 19.9. The van der Waals surface area contributed by atoms with E-state index in [1.807, 2.05) is 0 Å². The fraction of sp³-hybridized carbons (Fsp3) is 0.290. The lowest BCUT2D eigenvalue weighted by Crippen LogP contribution is -3.15. The molecule has 0 bridgehead atoms. The molecule has 0 amide bonds. The van der Waals surface area contributed by atoms with Crippen LogP contribution in [0.1, 0.15) is 30.0 Å². The fourth-order valence-electron chi connectivity index (χ4n) is 5.25. The molecular formula is C31H35N2O+. The van der Waals surface area contributed by atoms with Crippen molar-refractivity contribution in [3.63, 3.8) is 0 Å². The van der Waals surface area contributed by atoms with Crippen molar-refractivity contribution in [1.82, 2.24) is 4.90 Å². The van der Waals surface area contributed by atoms with Gasteiger partial charge in [0.1, 0.15) is 11.8 Å². The first kappa shape index (κ1) is 22.6. The quantitative estimate of drug-likeness (QED) is 0.361. The summed E-state index contributed by atoms with van der Waals surface area (Å²) in [5.41, 5.74) is 2.84. The first-order valence-electron chi connectivity index (χ1n) is 12.7. The molecule has 4 aromatic rings. The zero-order valence-corrected chi connectivity index (χ0v) is 19.9. The molecule has 3 nitrogen and oxygen atoms in total. The minimum atomic E-state index is 0.415. The first-order valence-corrected chi connectivity index (χ1v) is 12.7. The highest BCUT2D eigenvalue weighted by molar-refractivity contribution is 5.88. The van der Waals surface area contributed by atoms with Gasteiger partial charge in [-0.2, -0.15) is 0 Å². The van der Waals surface area contributed by atoms with Crippen molar-refractivity contribution in [3.8, 4) is 5.75 Å². The van der Waals surface area contributed by atoms with Gasteiger partial charge < -0.3 is 9.64 Å². The van der Waals surface area contributed by atoms with Gasteiger partial charge >= 0.3 is 0 Å². The molecule has 1 aliphatic heterocycles. The van der Waals surface area contributed by atoms with Crippen molar-refractivity contribution < 1.29 is 9.64 Å². The Balaban J connectivity index is 1.10. The Morgan fingerprint density at radius 2 is 1.29 bits per heavy atom. The molecule has 1 N–H and O–H groups in total. The molecule has 3 heteroatoms. The molecule has 1 fully saturated rings. The third kappa shape index (κ3) is 5.49. The van der Waals surface area contributed by atoms with Crippen molar-refractivity contribution in [2.45, 2.75) is 18.9 Å². The molecule has 0 aliphatic carbocycles. The number of hydrogen-bond acceptors (Lipinski definition) is 2. The minimum absolute atomic E-state index is 0.415. The van der Waals surface area contributed by atoms with Gasteiger partial charge in [-0.3, -0.25) is 4.90 Å². The molecule has 1 saturated heterocycles. The van der Waals surface area contributed by atoms with Crippen molar-refractivity contribution in [2.24, 2.45) is 0 Å². The van der Waals surface area contributed by atoms with Crippen LogP contribution in [-0.4, -0.2) is 44.2 Å². The highest BCUT2D eigenvalue weighted by Crippen LogP contribution is 2.25. The van der Waals surface area contributed by atoms with Gasteiger partial charge in [0.15, 0.2) is 0 Å². The Morgan fingerprint density at radius 1 is 0.676 bits per heavy atom. The van der Waals surface area contributed by atoms with Gasteiger partial charge in [-0.15, -0.1) is 0 Å². The van der Waals surface area contributed by atoms with E-state index in [1.165, 1.54) is 41.4 Å². The normalized spacial score (nSPS) is 15.1. The summed E-state index contributed by atoms with van der Waals surface area (Å²) in [4.78, 5) is 4.31. The molecule has 0 atom stereocenters. The fourth-order valence-corrected chi connectivity index (χ4v) is 5.25. The highest BCUT2D eigenvalue weighted by atomic mass is 16.5. The number of benzene rings is 4. The zero-order chi connectivity index (χ0) is 23.0. The smallest absolute Gasteiger partial charge is 0.139 e. The average molecular weight is 452 g/mol. The maximum Gasteiger partial charge on any atom is 0.139 e. The van der Waals surface area contributed by atoms with E-state index in [9.17, 15) is 0 Å². The Morgan fingerprint density at radius 3 is 2.00 bits per heavy atom. The monoisotopic (exact) mass is 451 g/mol. The topological polar surface area (TPSA) is 16.9 Å². The molecule has 4 aromatic carbocycles. The summed E-state index contributed by atoms with van der Waals surface area (Å²) in [6.45, 7) is 6.63. The Kier molecular flexibility index (Phi) is 7.54. The molecule has 1 aliphatic rings. The lowest BCUT2D eigenvalue weighted by Gasteiger charge is -2.37. The van der Waals surface area contributed by atoms with E-state index in [-0.39, 0.29) is 0 Å². The Hall–Kier alpha value is -3.14. The van der Waals surface area contributed by atoms with Crippen LogP contribution in [0.15, 0.2) is 103 Å². The molecule has 34 heavy (non-hydrogen) atoms. The third-order valence-electron chi connectivity index (χ3n) is 7.05. The van der Waals surface area contributed by atoms with Crippen LogP contribution in [0, 0.1) is 0 Å². The number of quaternary nitrogens is 1. The van der Waals surface area contributed by atoms with E-state index in [1.54, 1.807) is 4.90 Å². The molecule has 0 spiro atoms. The van der Waals surface area contributed by atoms with Gasteiger partial charge in [-0.05, 0) is 30.8 Å². The maximum absolute atomic E-state index is 6.13. The molecule has 174 valence electrons. The molecule has 0 aromatic heterocycles. The van der Waals surface area contributed by atoms with Crippen LogP contribution in [0.3, 0.4) is 0 Å². The second kappa shape index (κ2) is 11.3. The first-order chi connectivity index (χ1) is 16.9. The summed E-state index contributed by atoms with van der Waals surface area (Å²) in [7, 11) is 0. The summed E-state index contributed by atoms with van der Waals surface area (Å²) in [5, 5.41) is 2.44. The van der Waals surface area contributed by atoms with Gasteiger partial charge in [0.05, 0.1) is 19.7 Å². The number of fused-ring (bicyclic) bond motifs is 1. The van der Waals surface area contributed by atoms with E-state index < -0.39 is 0 Å². The van der Waals surface area contributed by atoms with Gasteiger partial charge in [-0.25, -0.2) is 0 Å². The van der Waals surface area contributed by atoms with E-state index in [4.69, 9.17) is 4.74 Å². The number of nitrogens with zero attached hydrogens (tertiary/aromatic N) is 1. The van der Waals surface area contributed by atoms with Crippen molar-refractivity contribution in [3.05, 3.63) is 114 Å². The highest BCUT2D eigenvalue weighted by Gasteiger charge is 2.29. The SMILES string of the molecule is c1ccc(C(c2ccccc2)[NH+]2CCN(CCCCOc3cccc4ccccc34)CC2)cc1. The molecule has 0 unspecified atom stereocenters. The van der Waals surface area contributed by atoms with Gasteiger partial charge in [0.2, 0.25) is 0 Å². The number of ether oxygens (including phenoxy) is 1. The summed E-state index contributed by atoms with van der Waals surface area (Å²) in [6.07, 6.45) is 2.27. The number of piperazine rings is 1. The second-order valence-corrected chi connectivity index (χ2v) is 9.29. The minimum Gasteiger partial charge on any atom is -0.493 e. The Bertz CT molecular complexity index is 1110. The number of nitrogens with one attached hydrogen (secondary N) is 1. The van der Waals surface area contributed by atoms with Gasteiger partial charge in [0.25, 0.3) is 0 Å². The van der Waals surface area contributed by atoms with Crippen LogP contribution in [0.2, 0.25) is 0 Å². The Labute approximate surface area is 203 Å². The van der Waals surface area contributed by atoms with Crippen molar-refractivity contribution >= 4 is 10.8 Å². The third-order valence-corrected chi connectivity index (χ3v) is 7.05. The van der Waals surface area contributed by atoms with E-state index in [0.717, 1.165) is 38.4 Å². The van der Waals surface area contributed by atoms with Gasteiger partial charge in [0, 0.05) is 29.6 Å². The average Bonchev–Trinajstić information content (AvgIpc) is 2.91. The van der Waals surface area contributed by atoms with Gasteiger partial charge in [-0.1, -0.05) is 97.1 Å². The summed E-state index contributed by atoms with van der Waals surface area (Å²) < 4.78 is 6.13. The second-order valence-electron chi connectivity index (χ2n) is 9.29. The van der Waals surface area contributed by atoms with Crippen LogP contribution in [-0.2, 0) is 0 Å². The number of unbranched alkanes of at least 4 members (excludes halogenated alkanes) is 1. The number of rotatable bonds is 9. The molecular weight excluding hydrogens is 416 g/mol. The lowest BCUT2D eigenvalue weighted by molar-refractivity contribution is -0.929. The summed E-state index contributed by atoms with van der Waals surface area (Å²) in [6, 6.07) is 37.2. The van der Waals surface area contributed by atoms with E-state index in [0.29, 0.717) is 6.04 Å². The van der Waals surface area contributed by atoms with Crippen LogP contribution in [0.5, 0.6) is 5.75 Å². The molecule has 1 heterocycles. The molecule has 0 saturated carbocycles. The summed E-state index contributed by atoms with van der Waals surface area (Å²) in [5.74, 6) is 1.00. The largest absolute Gasteiger partial charge is 0.493 e. The van der Waals surface area contributed by atoms with E-state index >= 15 is 0 Å². The maximum atomic E-state index is 6.13. The predicted octanol–water partition coefficient (Wildman–Crippen LogP) is 4.99. The van der Waals surface area contributed by atoms with Crippen LogP contribution in [0.25, 0.3) is 10.8 Å².